The molecule has 0 bridgehead atoms. The van der Waals surface area contributed by atoms with Crippen LogP contribution in [0.2, 0.25) is 0 Å². The third-order valence-corrected chi connectivity index (χ3v) is 4.54. The second-order valence-electron chi connectivity index (χ2n) is 5.05. The first kappa shape index (κ1) is 14.5. The molecule has 1 aromatic carbocycles. The predicted molar refractivity (Wildman–Crippen MR) is 88.4 cm³/mol. The normalized spacial score (nSPS) is 20.1. The molecule has 2 N–H and O–H groups in total. The van der Waals surface area contributed by atoms with Crippen molar-refractivity contribution in [1.82, 2.24) is 4.98 Å². The third-order valence-electron chi connectivity index (χ3n) is 3.55. The van der Waals surface area contributed by atoms with Gasteiger partial charge in [-0.2, -0.15) is 0 Å². The zero-order valence-electron chi connectivity index (χ0n) is 10.9. The molecule has 6 heteroatoms. The molecule has 1 fully saturated rings. The molecule has 1 aliphatic rings. The van der Waals surface area contributed by atoms with E-state index in [1.165, 1.54) is 0 Å². The molecule has 108 valence electrons. The molecule has 21 heavy (non-hydrogen) atoms. The maximum atomic E-state index is 12.2. The Morgan fingerprint density at radius 1 is 1.19 bits per heavy atom. The topological polar surface area (TPSA) is 62.0 Å². The molecule has 1 aromatic heterocycles. The molecule has 0 spiro atoms. The van der Waals surface area contributed by atoms with Crippen molar-refractivity contribution in [1.29, 1.82) is 0 Å². The van der Waals surface area contributed by atoms with Gasteiger partial charge in [0.05, 0.1) is 0 Å². The fourth-order valence-electron chi connectivity index (χ4n) is 2.34. The molecular formula is C15H12Br2N2O2. The van der Waals surface area contributed by atoms with Crippen LogP contribution in [-0.4, -0.2) is 10.9 Å². The molecule has 0 saturated heterocycles. The maximum absolute atomic E-state index is 12.2. The second-order valence-corrected chi connectivity index (χ2v) is 6.88. The maximum Gasteiger partial charge on any atom is 0.271 e. The number of hydrogen-bond acceptors (Lipinski definition) is 2. The number of aromatic nitrogens is 1. The van der Waals surface area contributed by atoms with Crippen LogP contribution in [0.25, 0.3) is 0 Å². The first-order chi connectivity index (χ1) is 10.0. The molecule has 1 aliphatic carbocycles. The van der Waals surface area contributed by atoms with E-state index in [1.54, 1.807) is 12.3 Å². The van der Waals surface area contributed by atoms with Crippen LogP contribution in [-0.2, 0) is 4.79 Å². The lowest BCUT2D eigenvalue weighted by Gasteiger charge is -2.05. The number of H-pyrrole nitrogens is 1. The summed E-state index contributed by atoms with van der Waals surface area (Å²) in [5.74, 6) is 0.0698. The summed E-state index contributed by atoms with van der Waals surface area (Å²) in [4.78, 5) is 26.4. The molecule has 2 atom stereocenters. The summed E-state index contributed by atoms with van der Waals surface area (Å²) in [7, 11) is 0. The summed E-state index contributed by atoms with van der Waals surface area (Å²) in [6.07, 6.45) is 2.36. The number of carbonyl (C=O) groups excluding carboxylic acids is 1. The van der Waals surface area contributed by atoms with Crippen molar-refractivity contribution < 1.29 is 4.79 Å². The third kappa shape index (κ3) is 3.27. The van der Waals surface area contributed by atoms with Crippen molar-refractivity contribution in [3.8, 4) is 0 Å². The smallest absolute Gasteiger partial charge is 0.271 e. The van der Waals surface area contributed by atoms with Gasteiger partial charge in [-0.15, -0.1) is 0 Å². The lowest BCUT2D eigenvalue weighted by molar-refractivity contribution is -0.117. The standard InChI is InChI=1S/C15H12Br2N2O2/c16-9-3-1-8(2-4-9)11-6-12(11)14(20)19-13-5-10(17)7-18-15(13)21/h1-5,7,11-12H,6H2,(H,18,21)(H,19,20). The van der Waals surface area contributed by atoms with E-state index in [2.05, 4.69) is 42.2 Å². The average molecular weight is 412 g/mol. The van der Waals surface area contributed by atoms with E-state index in [4.69, 9.17) is 0 Å². The number of carbonyl (C=O) groups is 1. The first-order valence-electron chi connectivity index (χ1n) is 6.49. The number of halogens is 2. The van der Waals surface area contributed by atoms with Crippen molar-refractivity contribution in [3.63, 3.8) is 0 Å². The SMILES string of the molecule is O=C(Nc1cc(Br)c[nH]c1=O)C1CC1c1ccc(Br)cc1. The minimum Gasteiger partial charge on any atom is -0.326 e. The van der Waals surface area contributed by atoms with E-state index < -0.39 is 0 Å². The number of anilines is 1. The molecule has 2 unspecified atom stereocenters. The molecule has 0 radical (unpaired) electrons. The van der Waals surface area contributed by atoms with Crippen LogP contribution in [0, 0.1) is 5.92 Å². The Hall–Kier alpha value is -1.40. The zero-order valence-corrected chi connectivity index (χ0v) is 14.1. The Kier molecular flexibility index (Phi) is 3.99. The van der Waals surface area contributed by atoms with Crippen molar-refractivity contribution in [3.05, 3.63) is 61.4 Å². The summed E-state index contributed by atoms with van der Waals surface area (Å²) in [6, 6.07) is 9.60. The van der Waals surface area contributed by atoms with Crippen LogP contribution < -0.4 is 10.9 Å². The molecule has 1 saturated carbocycles. The number of hydrogen-bond donors (Lipinski definition) is 2. The van der Waals surface area contributed by atoms with E-state index in [0.717, 1.165) is 20.9 Å². The van der Waals surface area contributed by atoms with Gasteiger partial charge in [0.2, 0.25) is 5.91 Å². The highest BCUT2D eigenvalue weighted by molar-refractivity contribution is 9.10. The molecule has 0 aliphatic heterocycles. The van der Waals surface area contributed by atoms with Crippen LogP contribution in [0.5, 0.6) is 0 Å². The Morgan fingerprint density at radius 3 is 2.62 bits per heavy atom. The molecule has 1 amide bonds. The molecular weight excluding hydrogens is 400 g/mol. The quantitative estimate of drug-likeness (QED) is 0.809. The highest BCUT2D eigenvalue weighted by atomic mass is 79.9. The lowest BCUT2D eigenvalue weighted by atomic mass is 10.1. The molecule has 2 aromatic rings. The van der Waals surface area contributed by atoms with Gasteiger partial charge < -0.3 is 10.3 Å². The van der Waals surface area contributed by atoms with Gasteiger partial charge in [0.1, 0.15) is 5.69 Å². The van der Waals surface area contributed by atoms with Crippen LogP contribution >= 0.6 is 31.9 Å². The minimum absolute atomic E-state index is 0.0652. The predicted octanol–water partition coefficient (Wildman–Crippen LogP) is 3.64. The van der Waals surface area contributed by atoms with Gasteiger partial charge in [-0.3, -0.25) is 9.59 Å². The highest BCUT2D eigenvalue weighted by Crippen LogP contribution is 2.48. The second kappa shape index (κ2) is 5.77. The number of aromatic amines is 1. The fourth-order valence-corrected chi connectivity index (χ4v) is 2.95. The van der Waals surface area contributed by atoms with Crippen molar-refractivity contribution in [2.24, 2.45) is 5.92 Å². The number of nitrogens with one attached hydrogen (secondary N) is 2. The Labute approximate surface area is 138 Å². The van der Waals surface area contributed by atoms with Gasteiger partial charge >= 0.3 is 0 Å². The van der Waals surface area contributed by atoms with E-state index in [1.807, 2.05) is 24.3 Å². The van der Waals surface area contributed by atoms with Crippen LogP contribution in [0.15, 0.2) is 50.3 Å². The van der Waals surface area contributed by atoms with Crippen molar-refractivity contribution in [2.45, 2.75) is 12.3 Å². The molecule has 1 heterocycles. The van der Waals surface area contributed by atoms with Crippen LogP contribution in [0.3, 0.4) is 0 Å². The number of pyridine rings is 1. The van der Waals surface area contributed by atoms with Crippen LogP contribution in [0.4, 0.5) is 5.69 Å². The van der Waals surface area contributed by atoms with Gasteiger partial charge in [0.25, 0.3) is 5.56 Å². The Bertz CT molecular complexity index is 740. The Morgan fingerprint density at radius 2 is 1.90 bits per heavy atom. The van der Waals surface area contributed by atoms with Gasteiger partial charge in [-0.05, 0) is 52.0 Å². The van der Waals surface area contributed by atoms with Crippen LogP contribution in [0.1, 0.15) is 17.9 Å². The lowest BCUT2D eigenvalue weighted by Crippen LogP contribution is -2.21. The van der Waals surface area contributed by atoms with Crippen molar-refractivity contribution in [2.75, 3.05) is 5.32 Å². The summed E-state index contributed by atoms with van der Waals surface area (Å²) in [5.41, 5.74) is 1.13. The highest BCUT2D eigenvalue weighted by Gasteiger charge is 2.44. The van der Waals surface area contributed by atoms with Gasteiger partial charge in [-0.25, -0.2) is 0 Å². The van der Waals surface area contributed by atoms with E-state index in [9.17, 15) is 9.59 Å². The number of rotatable bonds is 3. The average Bonchev–Trinajstić information content (AvgIpc) is 3.24. The summed E-state index contributed by atoms with van der Waals surface area (Å²) in [5, 5.41) is 2.70. The Balaban J connectivity index is 1.69. The van der Waals surface area contributed by atoms with E-state index >= 15 is 0 Å². The minimum atomic E-state index is -0.299. The first-order valence-corrected chi connectivity index (χ1v) is 8.08. The summed E-state index contributed by atoms with van der Waals surface area (Å²) in [6.45, 7) is 0. The van der Waals surface area contributed by atoms with Gasteiger partial charge in [0.15, 0.2) is 0 Å². The number of amides is 1. The summed E-state index contributed by atoms with van der Waals surface area (Å²) >= 11 is 6.66. The number of benzene rings is 1. The van der Waals surface area contributed by atoms with Crippen molar-refractivity contribution >= 4 is 43.5 Å². The summed E-state index contributed by atoms with van der Waals surface area (Å²) < 4.78 is 1.74. The van der Waals surface area contributed by atoms with Gasteiger partial charge in [-0.1, -0.05) is 28.1 Å². The molecule has 4 nitrogen and oxygen atoms in total. The fraction of sp³-hybridized carbons (Fsp3) is 0.200. The zero-order chi connectivity index (χ0) is 15.0. The largest absolute Gasteiger partial charge is 0.326 e. The van der Waals surface area contributed by atoms with Gasteiger partial charge in [0, 0.05) is 21.1 Å². The molecule has 3 rings (SSSR count). The monoisotopic (exact) mass is 410 g/mol. The van der Waals surface area contributed by atoms with E-state index in [-0.39, 0.29) is 29.0 Å². The van der Waals surface area contributed by atoms with E-state index in [0.29, 0.717) is 0 Å².